The number of carbonyl (C=O) groups excluding carboxylic acids is 5. The molecule has 0 bridgehead atoms. The Balaban J connectivity index is 1.91. The van der Waals surface area contributed by atoms with Gasteiger partial charge in [0.05, 0.1) is 13.2 Å². The van der Waals surface area contributed by atoms with Crippen LogP contribution in [0.5, 0.6) is 0 Å². The van der Waals surface area contributed by atoms with Crippen LogP contribution in [0, 0.1) is 0 Å². The summed E-state index contributed by atoms with van der Waals surface area (Å²) in [6, 6.07) is 0. The van der Waals surface area contributed by atoms with Gasteiger partial charge in [-0.3, -0.25) is 19.2 Å². The number of hydrogen-bond acceptors (Lipinski definition) is 8. The molecule has 10 nitrogen and oxygen atoms in total. The van der Waals surface area contributed by atoms with Gasteiger partial charge in [-0.2, -0.15) is 0 Å². The largest absolute Gasteiger partial charge is 0.378 e. The van der Waals surface area contributed by atoms with E-state index in [9.17, 15) is 24.0 Å². The van der Waals surface area contributed by atoms with E-state index in [2.05, 4.69) is 10.6 Å². The Morgan fingerprint density at radius 2 is 1.52 bits per heavy atom. The number of carbonyl (C=O) groups is 5. The average Bonchev–Trinajstić information content (AvgIpc) is 3.01. The first-order valence-electron chi connectivity index (χ1n) is 9.67. The van der Waals surface area contributed by atoms with Gasteiger partial charge in [-0.05, 0) is 19.1 Å². The lowest BCUT2D eigenvalue weighted by Gasteiger charge is -2.12. The monoisotopic (exact) mass is 431 g/mol. The van der Waals surface area contributed by atoms with Crippen LogP contribution in [-0.4, -0.2) is 66.6 Å². The number of hydrogen-bond donors (Lipinski definition) is 2. The van der Waals surface area contributed by atoms with Crippen molar-refractivity contribution in [3.05, 3.63) is 0 Å². The fraction of sp³-hybridized carbons (Fsp3) is 0.722. The molecule has 1 fully saturated rings. The van der Waals surface area contributed by atoms with E-state index in [1.54, 1.807) is 6.26 Å². The van der Waals surface area contributed by atoms with Gasteiger partial charge in [0.25, 0.3) is 17.1 Å². The summed E-state index contributed by atoms with van der Waals surface area (Å²) in [6.07, 6.45) is 5.17. The standard InChI is InChI=1S/C18H29N3O7S/c1-29-18(26)20-11-13-27-12-10-19-14(22)6-4-2-3-5-7-17(25)28-21-15(23)8-9-16(21)24/h2-13H2,1H3,(H,19,22)(H,20,26). The minimum absolute atomic E-state index is 0.0604. The lowest BCUT2D eigenvalue weighted by molar-refractivity contribution is -0.197. The van der Waals surface area contributed by atoms with Crippen LogP contribution < -0.4 is 10.6 Å². The van der Waals surface area contributed by atoms with Crippen LogP contribution in [0.4, 0.5) is 4.79 Å². The van der Waals surface area contributed by atoms with E-state index in [0.717, 1.165) is 24.6 Å². The molecule has 0 unspecified atom stereocenters. The van der Waals surface area contributed by atoms with Crippen LogP contribution in [-0.2, 0) is 28.8 Å². The van der Waals surface area contributed by atoms with Gasteiger partial charge in [-0.1, -0.05) is 24.6 Å². The third-order valence-corrected chi connectivity index (χ3v) is 4.52. The van der Waals surface area contributed by atoms with Crippen LogP contribution in [0.1, 0.15) is 51.4 Å². The van der Waals surface area contributed by atoms with Crippen molar-refractivity contribution in [1.29, 1.82) is 0 Å². The van der Waals surface area contributed by atoms with Crippen molar-refractivity contribution in [2.75, 3.05) is 32.6 Å². The Labute approximate surface area is 174 Å². The first kappa shape index (κ1) is 24.9. The summed E-state index contributed by atoms with van der Waals surface area (Å²) in [7, 11) is 0. The third-order valence-electron chi connectivity index (χ3n) is 4.00. The number of nitrogens with one attached hydrogen (secondary N) is 2. The molecular formula is C18H29N3O7S. The lowest BCUT2D eigenvalue weighted by Crippen LogP contribution is -2.31. The minimum Gasteiger partial charge on any atom is -0.378 e. The highest BCUT2D eigenvalue weighted by Crippen LogP contribution is 2.13. The molecule has 0 saturated carbocycles. The maximum absolute atomic E-state index is 11.7. The van der Waals surface area contributed by atoms with Crippen LogP contribution in [0.15, 0.2) is 0 Å². The summed E-state index contributed by atoms with van der Waals surface area (Å²) in [5.41, 5.74) is 0. The molecule has 0 aromatic heterocycles. The summed E-state index contributed by atoms with van der Waals surface area (Å²) in [6.45, 7) is 1.62. The quantitative estimate of drug-likeness (QED) is 0.309. The Kier molecular flexibility index (Phi) is 12.7. The van der Waals surface area contributed by atoms with E-state index >= 15 is 0 Å². The smallest absolute Gasteiger partial charge is 0.333 e. The molecule has 2 N–H and O–H groups in total. The van der Waals surface area contributed by atoms with Crippen LogP contribution in [0.3, 0.4) is 0 Å². The van der Waals surface area contributed by atoms with Gasteiger partial charge in [0.1, 0.15) is 0 Å². The zero-order valence-electron chi connectivity index (χ0n) is 16.7. The van der Waals surface area contributed by atoms with Gasteiger partial charge in [0.15, 0.2) is 0 Å². The van der Waals surface area contributed by atoms with E-state index in [0.29, 0.717) is 50.6 Å². The Morgan fingerprint density at radius 1 is 0.931 bits per heavy atom. The topological polar surface area (TPSA) is 131 Å². The van der Waals surface area contributed by atoms with E-state index in [-0.39, 0.29) is 30.4 Å². The molecule has 0 atom stereocenters. The number of nitrogens with zero attached hydrogens (tertiary/aromatic N) is 1. The fourth-order valence-electron chi connectivity index (χ4n) is 2.46. The predicted molar refractivity (Wildman–Crippen MR) is 106 cm³/mol. The van der Waals surface area contributed by atoms with Crippen LogP contribution in [0.25, 0.3) is 0 Å². The Hall–Kier alpha value is -2.14. The van der Waals surface area contributed by atoms with Gasteiger partial charge in [-0.15, -0.1) is 5.06 Å². The lowest BCUT2D eigenvalue weighted by atomic mass is 10.1. The summed E-state index contributed by atoms with van der Waals surface area (Å²) in [5.74, 6) is -1.63. The molecule has 0 radical (unpaired) electrons. The molecule has 29 heavy (non-hydrogen) atoms. The molecule has 1 heterocycles. The Morgan fingerprint density at radius 3 is 2.14 bits per heavy atom. The molecule has 0 aliphatic carbocycles. The summed E-state index contributed by atoms with van der Waals surface area (Å²) < 4.78 is 5.29. The van der Waals surface area contributed by atoms with E-state index < -0.39 is 17.8 Å². The highest BCUT2D eigenvalue weighted by molar-refractivity contribution is 8.12. The van der Waals surface area contributed by atoms with Crippen LogP contribution >= 0.6 is 11.8 Å². The second kappa shape index (κ2) is 14.8. The Bertz CT molecular complexity index is 570. The number of ether oxygens (including phenoxy) is 1. The minimum atomic E-state index is -0.598. The van der Waals surface area contributed by atoms with Gasteiger partial charge >= 0.3 is 5.97 Å². The van der Waals surface area contributed by atoms with Gasteiger partial charge < -0.3 is 20.2 Å². The third kappa shape index (κ3) is 11.4. The van der Waals surface area contributed by atoms with Crippen LogP contribution in [0.2, 0.25) is 0 Å². The van der Waals surface area contributed by atoms with E-state index in [1.807, 2.05) is 0 Å². The predicted octanol–water partition coefficient (Wildman–Crippen LogP) is 1.14. The molecule has 11 heteroatoms. The molecule has 4 amide bonds. The molecule has 1 rings (SSSR count). The molecule has 0 spiro atoms. The van der Waals surface area contributed by atoms with Crippen molar-refractivity contribution in [3.8, 4) is 0 Å². The zero-order chi connectivity index (χ0) is 21.5. The second-order valence-electron chi connectivity index (χ2n) is 6.34. The number of unbranched alkanes of at least 4 members (excludes halogenated alkanes) is 3. The van der Waals surface area contributed by atoms with E-state index in [4.69, 9.17) is 9.57 Å². The first-order valence-corrected chi connectivity index (χ1v) is 10.9. The molecule has 1 aliphatic heterocycles. The normalized spacial score (nSPS) is 13.5. The first-order chi connectivity index (χ1) is 13.9. The average molecular weight is 432 g/mol. The molecule has 0 aromatic carbocycles. The molecule has 1 saturated heterocycles. The van der Waals surface area contributed by atoms with Crippen molar-refractivity contribution in [3.63, 3.8) is 0 Å². The molecule has 164 valence electrons. The number of hydroxylamine groups is 2. The van der Waals surface area contributed by atoms with Crippen molar-refractivity contribution in [1.82, 2.24) is 15.7 Å². The zero-order valence-corrected chi connectivity index (χ0v) is 17.5. The van der Waals surface area contributed by atoms with Gasteiger partial charge in [-0.25, -0.2) is 4.79 Å². The van der Waals surface area contributed by atoms with Crippen molar-refractivity contribution >= 4 is 40.7 Å². The maximum atomic E-state index is 11.7. The van der Waals surface area contributed by atoms with E-state index in [1.165, 1.54) is 0 Å². The van der Waals surface area contributed by atoms with Crippen molar-refractivity contribution in [2.24, 2.45) is 0 Å². The van der Waals surface area contributed by atoms with Gasteiger partial charge in [0, 0.05) is 38.8 Å². The highest BCUT2D eigenvalue weighted by atomic mass is 32.2. The SMILES string of the molecule is CSC(=O)NCCOCCNC(=O)CCCCCCC(=O)ON1C(=O)CCC1=O. The number of imide groups is 1. The summed E-state index contributed by atoms with van der Waals surface area (Å²) >= 11 is 1.11. The maximum Gasteiger partial charge on any atom is 0.333 e. The number of thioether (sulfide) groups is 1. The molecular weight excluding hydrogens is 402 g/mol. The van der Waals surface area contributed by atoms with Gasteiger partial charge in [0.2, 0.25) is 5.91 Å². The molecule has 1 aliphatic rings. The second-order valence-corrected chi connectivity index (χ2v) is 7.12. The highest BCUT2D eigenvalue weighted by Gasteiger charge is 2.32. The van der Waals surface area contributed by atoms with Crippen molar-refractivity contribution in [2.45, 2.75) is 51.4 Å². The summed E-state index contributed by atoms with van der Waals surface area (Å²) in [5, 5.41) is 5.86. The fourth-order valence-corrected chi connectivity index (χ4v) is 2.71. The summed E-state index contributed by atoms with van der Waals surface area (Å²) in [4.78, 5) is 61.7. The number of rotatable bonds is 14. The molecule has 0 aromatic rings. The number of amides is 4. The van der Waals surface area contributed by atoms with Crippen molar-refractivity contribution < 1.29 is 33.5 Å².